The summed E-state index contributed by atoms with van der Waals surface area (Å²) in [6.07, 6.45) is 2.78. The van der Waals surface area contributed by atoms with Crippen molar-refractivity contribution in [2.75, 3.05) is 13.9 Å². The van der Waals surface area contributed by atoms with E-state index in [1.165, 1.54) is 5.56 Å². The summed E-state index contributed by atoms with van der Waals surface area (Å²) in [5.74, 6) is 0.861. The van der Waals surface area contributed by atoms with Crippen LogP contribution >= 0.6 is 22.6 Å². The number of rotatable bonds is 5. The molecule has 0 fully saturated rings. The van der Waals surface area contributed by atoms with Gasteiger partial charge in [0, 0.05) is 7.11 Å². The van der Waals surface area contributed by atoms with E-state index < -0.39 is 0 Å². The first kappa shape index (κ1) is 11.5. The maximum atomic E-state index is 5.36. The van der Waals surface area contributed by atoms with E-state index in [2.05, 4.69) is 35.2 Å². The predicted octanol–water partition coefficient (Wildman–Crippen LogP) is 3.00. The highest BCUT2D eigenvalue weighted by Gasteiger charge is 2.01. The molecule has 0 N–H and O–H groups in total. The van der Waals surface area contributed by atoms with Gasteiger partial charge in [-0.15, -0.1) is 6.58 Å². The van der Waals surface area contributed by atoms with Crippen molar-refractivity contribution in [3.8, 4) is 5.75 Å². The van der Waals surface area contributed by atoms with Gasteiger partial charge in [0.15, 0.2) is 6.79 Å². The van der Waals surface area contributed by atoms with Gasteiger partial charge in [0.2, 0.25) is 0 Å². The Morgan fingerprint density at radius 3 is 2.86 bits per heavy atom. The van der Waals surface area contributed by atoms with Crippen molar-refractivity contribution >= 4 is 22.6 Å². The highest BCUT2D eigenvalue weighted by Crippen LogP contribution is 2.22. The van der Waals surface area contributed by atoms with E-state index in [4.69, 9.17) is 9.47 Å². The normalized spacial score (nSPS) is 9.86. The first-order chi connectivity index (χ1) is 6.77. The van der Waals surface area contributed by atoms with Gasteiger partial charge in [-0.05, 0) is 46.7 Å². The molecule has 14 heavy (non-hydrogen) atoms. The van der Waals surface area contributed by atoms with Gasteiger partial charge in [0.1, 0.15) is 5.75 Å². The monoisotopic (exact) mass is 304 g/mol. The Morgan fingerprint density at radius 2 is 2.29 bits per heavy atom. The number of halogens is 1. The van der Waals surface area contributed by atoms with E-state index in [-0.39, 0.29) is 6.79 Å². The number of allylic oxidation sites excluding steroid dienone is 1. The minimum absolute atomic E-state index is 0.288. The fourth-order valence-corrected chi connectivity index (χ4v) is 1.81. The van der Waals surface area contributed by atoms with E-state index in [1.54, 1.807) is 7.11 Å². The van der Waals surface area contributed by atoms with Gasteiger partial charge in [0.25, 0.3) is 0 Å². The fourth-order valence-electron chi connectivity index (χ4n) is 1.08. The molecular formula is C11H13IO2. The molecule has 0 atom stereocenters. The molecule has 0 unspecified atom stereocenters. The molecule has 0 aliphatic heterocycles. The standard InChI is InChI=1S/C11H13IO2/c1-3-4-9-5-6-11(10(12)7-9)14-8-13-2/h3,5-7H,1,4,8H2,2H3. The Kier molecular flexibility index (Phi) is 4.97. The van der Waals surface area contributed by atoms with Crippen LogP contribution in [0.4, 0.5) is 0 Å². The molecule has 0 aliphatic carbocycles. The lowest BCUT2D eigenvalue weighted by Crippen LogP contribution is -2.00. The Morgan fingerprint density at radius 1 is 1.50 bits per heavy atom. The van der Waals surface area contributed by atoms with Gasteiger partial charge in [-0.1, -0.05) is 12.1 Å². The van der Waals surface area contributed by atoms with Gasteiger partial charge in [0.05, 0.1) is 3.57 Å². The largest absolute Gasteiger partial charge is 0.466 e. The van der Waals surface area contributed by atoms with Crippen molar-refractivity contribution in [1.29, 1.82) is 0 Å². The third-order valence-electron chi connectivity index (χ3n) is 1.71. The minimum atomic E-state index is 0.288. The van der Waals surface area contributed by atoms with E-state index >= 15 is 0 Å². The maximum Gasteiger partial charge on any atom is 0.188 e. The number of hydrogen-bond donors (Lipinski definition) is 0. The van der Waals surface area contributed by atoms with Crippen LogP contribution in [0.25, 0.3) is 0 Å². The third-order valence-corrected chi connectivity index (χ3v) is 2.55. The van der Waals surface area contributed by atoms with E-state index in [0.29, 0.717) is 0 Å². The molecule has 1 aromatic carbocycles. The van der Waals surface area contributed by atoms with Crippen LogP contribution in [0.5, 0.6) is 5.75 Å². The van der Waals surface area contributed by atoms with E-state index in [1.807, 2.05) is 18.2 Å². The molecule has 0 heterocycles. The summed E-state index contributed by atoms with van der Waals surface area (Å²) in [5, 5.41) is 0. The van der Waals surface area contributed by atoms with Gasteiger partial charge in [-0.3, -0.25) is 0 Å². The van der Waals surface area contributed by atoms with Crippen molar-refractivity contribution in [2.45, 2.75) is 6.42 Å². The second kappa shape index (κ2) is 6.03. The van der Waals surface area contributed by atoms with Crippen LogP contribution in [-0.2, 0) is 11.2 Å². The summed E-state index contributed by atoms with van der Waals surface area (Å²) < 4.78 is 11.3. The molecule has 0 bridgehead atoms. The fraction of sp³-hybridized carbons (Fsp3) is 0.273. The summed E-state index contributed by atoms with van der Waals surface area (Å²) in [4.78, 5) is 0. The topological polar surface area (TPSA) is 18.5 Å². The predicted molar refractivity (Wildman–Crippen MR) is 65.6 cm³/mol. The summed E-state index contributed by atoms with van der Waals surface area (Å²) >= 11 is 2.25. The highest BCUT2D eigenvalue weighted by atomic mass is 127. The second-order valence-corrected chi connectivity index (χ2v) is 3.97. The van der Waals surface area contributed by atoms with Crippen molar-refractivity contribution < 1.29 is 9.47 Å². The van der Waals surface area contributed by atoms with Crippen LogP contribution in [0.1, 0.15) is 5.56 Å². The molecule has 0 amide bonds. The van der Waals surface area contributed by atoms with Crippen molar-refractivity contribution in [2.24, 2.45) is 0 Å². The van der Waals surface area contributed by atoms with Crippen molar-refractivity contribution in [3.63, 3.8) is 0 Å². The van der Waals surface area contributed by atoms with E-state index in [9.17, 15) is 0 Å². The smallest absolute Gasteiger partial charge is 0.188 e. The molecule has 2 nitrogen and oxygen atoms in total. The zero-order chi connectivity index (χ0) is 10.4. The zero-order valence-electron chi connectivity index (χ0n) is 8.13. The highest BCUT2D eigenvalue weighted by molar-refractivity contribution is 14.1. The summed E-state index contributed by atoms with van der Waals surface area (Å²) in [6.45, 7) is 3.99. The summed E-state index contributed by atoms with van der Waals surface area (Å²) in [6, 6.07) is 6.09. The van der Waals surface area contributed by atoms with Crippen LogP contribution in [0.15, 0.2) is 30.9 Å². The SMILES string of the molecule is C=CCc1ccc(OCOC)c(I)c1. The Balaban J connectivity index is 2.73. The Labute approximate surface area is 98.1 Å². The third kappa shape index (κ3) is 3.31. The summed E-state index contributed by atoms with van der Waals surface area (Å²) in [5.41, 5.74) is 1.24. The number of methoxy groups -OCH3 is 1. The average Bonchev–Trinajstić information content (AvgIpc) is 2.17. The summed E-state index contributed by atoms with van der Waals surface area (Å²) in [7, 11) is 1.61. The molecule has 0 saturated carbocycles. The molecular weight excluding hydrogens is 291 g/mol. The first-order valence-corrected chi connectivity index (χ1v) is 5.37. The molecule has 1 rings (SSSR count). The maximum absolute atomic E-state index is 5.36. The lowest BCUT2D eigenvalue weighted by Gasteiger charge is -2.07. The van der Waals surface area contributed by atoms with Gasteiger partial charge >= 0.3 is 0 Å². The Hall–Kier alpha value is -0.550. The number of ether oxygens (including phenoxy) is 2. The van der Waals surface area contributed by atoms with Crippen LogP contribution in [0.3, 0.4) is 0 Å². The van der Waals surface area contributed by atoms with Crippen LogP contribution in [0, 0.1) is 3.57 Å². The van der Waals surface area contributed by atoms with Gasteiger partial charge in [-0.2, -0.15) is 0 Å². The lowest BCUT2D eigenvalue weighted by molar-refractivity contribution is 0.0505. The Bertz CT molecular complexity index is 310. The molecule has 0 saturated heterocycles. The first-order valence-electron chi connectivity index (χ1n) is 4.29. The number of hydrogen-bond acceptors (Lipinski definition) is 2. The molecule has 76 valence electrons. The van der Waals surface area contributed by atoms with Crippen LogP contribution < -0.4 is 4.74 Å². The van der Waals surface area contributed by atoms with Crippen molar-refractivity contribution in [3.05, 3.63) is 40.0 Å². The molecule has 0 aromatic heterocycles. The molecule has 0 spiro atoms. The molecule has 3 heteroatoms. The zero-order valence-corrected chi connectivity index (χ0v) is 10.3. The quantitative estimate of drug-likeness (QED) is 0.473. The molecule has 0 aliphatic rings. The molecule has 0 radical (unpaired) electrons. The number of benzene rings is 1. The minimum Gasteiger partial charge on any atom is -0.466 e. The van der Waals surface area contributed by atoms with Crippen LogP contribution in [-0.4, -0.2) is 13.9 Å². The van der Waals surface area contributed by atoms with Crippen molar-refractivity contribution in [1.82, 2.24) is 0 Å². The van der Waals surface area contributed by atoms with Gasteiger partial charge in [-0.25, -0.2) is 0 Å². The van der Waals surface area contributed by atoms with Gasteiger partial charge < -0.3 is 9.47 Å². The second-order valence-electron chi connectivity index (χ2n) is 2.81. The van der Waals surface area contributed by atoms with Crippen LogP contribution in [0.2, 0.25) is 0 Å². The van der Waals surface area contributed by atoms with E-state index in [0.717, 1.165) is 15.7 Å². The average molecular weight is 304 g/mol. The molecule has 1 aromatic rings. The lowest BCUT2D eigenvalue weighted by atomic mass is 10.1.